The summed E-state index contributed by atoms with van der Waals surface area (Å²) in [6.07, 6.45) is 0.843. The van der Waals surface area contributed by atoms with E-state index in [0.717, 1.165) is 11.3 Å². The molecule has 6 nitrogen and oxygen atoms in total. The lowest BCUT2D eigenvalue weighted by atomic mass is 9.88. The maximum Gasteiger partial charge on any atom is 0.410 e. The van der Waals surface area contributed by atoms with Gasteiger partial charge in [-0.1, -0.05) is 12.1 Å². The summed E-state index contributed by atoms with van der Waals surface area (Å²) < 4.78 is 5.43. The zero-order valence-electron chi connectivity index (χ0n) is 14.9. The summed E-state index contributed by atoms with van der Waals surface area (Å²) in [5.41, 5.74) is 6.04. The molecule has 1 atom stereocenters. The molecule has 2 rings (SSSR count). The van der Waals surface area contributed by atoms with Gasteiger partial charge < -0.3 is 20.7 Å². The van der Waals surface area contributed by atoms with Crippen LogP contribution in [0, 0.1) is 6.92 Å². The number of nitrogens with zero attached hydrogens (tertiary/aromatic N) is 1. The van der Waals surface area contributed by atoms with Gasteiger partial charge in [0.15, 0.2) is 0 Å². The molecule has 132 valence electrons. The van der Waals surface area contributed by atoms with E-state index in [1.807, 2.05) is 52.0 Å². The average molecular weight is 333 g/mol. The second kappa shape index (κ2) is 6.71. The van der Waals surface area contributed by atoms with Gasteiger partial charge in [0.25, 0.3) is 0 Å². The van der Waals surface area contributed by atoms with E-state index in [4.69, 9.17) is 10.5 Å². The minimum atomic E-state index is -0.983. The molecule has 0 saturated carbocycles. The molecule has 1 saturated heterocycles. The Kier molecular flexibility index (Phi) is 5.06. The summed E-state index contributed by atoms with van der Waals surface area (Å²) in [4.78, 5) is 26.1. The molecule has 1 heterocycles. The molecule has 3 N–H and O–H groups in total. The van der Waals surface area contributed by atoms with Gasteiger partial charge in [-0.2, -0.15) is 0 Å². The Balaban J connectivity index is 2.19. The van der Waals surface area contributed by atoms with Crippen LogP contribution in [-0.2, 0) is 9.53 Å². The summed E-state index contributed by atoms with van der Waals surface area (Å²) >= 11 is 0. The fraction of sp³-hybridized carbons (Fsp3) is 0.556. The Bertz CT molecular complexity index is 624. The molecule has 1 aromatic rings. The predicted octanol–water partition coefficient (Wildman–Crippen LogP) is 2.66. The van der Waals surface area contributed by atoms with Crippen molar-refractivity contribution < 1.29 is 14.3 Å². The fourth-order valence-corrected chi connectivity index (χ4v) is 2.90. The monoisotopic (exact) mass is 333 g/mol. The molecule has 1 aromatic carbocycles. The molecular weight excluding hydrogens is 306 g/mol. The Morgan fingerprint density at radius 1 is 1.33 bits per heavy atom. The van der Waals surface area contributed by atoms with E-state index in [9.17, 15) is 9.59 Å². The summed E-state index contributed by atoms with van der Waals surface area (Å²) in [6.45, 7) is 8.20. The molecule has 0 aliphatic carbocycles. The highest BCUT2D eigenvalue weighted by Crippen LogP contribution is 2.27. The number of ether oxygens (including phenoxy) is 1. The lowest BCUT2D eigenvalue weighted by Gasteiger charge is -2.42. The predicted molar refractivity (Wildman–Crippen MR) is 93.8 cm³/mol. The lowest BCUT2D eigenvalue weighted by molar-refractivity contribution is -0.123. The first kappa shape index (κ1) is 18.1. The van der Waals surface area contributed by atoms with Crippen molar-refractivity contribution in [1.82, 2.24) is 4.90 Å². The Morgan fingerprint density at radius 2 is 2.04 bits per heavy atom. The number of carbonyl (C=O) groups is 2. The van der Waals surface area contributed by atoms with Crippen molar-refractivity contribution in [2.75, 3.05) is 18.4 Å². The maximum atomic E-state index is 12.4. The van der Waals surface area contributed by atoms with Gasteiger partial charge in [-0.15, -0.1) is 0 Å². The molecular formula is C18H27N3O3. The van der Waals surface area contributed by atoms with Crippen molar-refractivity contribution in [3.63, 3.8) is 0 Å². The number of benzene rings is 1. The smallest absolute Gasteiger partial charge is 0.410 e. The standard InChI is InChI=1S/C18H27N3O3/c1-13-7-5-8-14(11-13)20-18(15(19)22)9-6-10-21(12-18)16(23)24-17(2,3)4/h5,7-8,11,20H,6,9-10,12H2,1-4H3,(H2,19,22). The van der Waals surface area contributed by atoms with Crippen molar-refractivity contribution in [3.8, 4) is 0 Å². The van der Waals surface area contributed by atoms with Gasteiger partial charge in [0.1, 0.15) is 11.1 Å². The van der Waals surface area contributed by atoms with Crippen molar-refractivity contribution in [1.29, 1.82) is 0 Å². The van der Waals surface area contributed by atoms with E-state index >= 15 is 0 Å². The summed E-state index contributed by atoms with van der Waals surface area (Å²) in [6, 6.07) is 7.75. The van der Waals surface area contributed by atoms with Crippen molar-refractivity contribution in [3.05, 3.63) is 29.8 Å². The van der Waals surface area contributed by atoms with Crippen LogP contribution >= 0.6 is 0 Å². The number of piperidine rings is 1. The normalized spacial score (nSPS) is 21.2. The third-order valence-electron chi connectivity index (χ3n) is 4.02. The van der Waals surface area contributed by atoms with Gasteiger partial charge in [0.2, 0.25) is 5.91 Å². The number of hydrogen-bond donors (Lipinski definition) is 2. The average Bonchev–Trinajstić information content (AvgIpc) is 2.45. The summed E-state index contributed by atoms with van der Waals surface area (Å²) in [5, 5.41) is 3.26. The van der Waals surface area contributed by atoms with Gasteiger partial charge >= 0.3 is 6.09 Å². The van der Waals surface area contributed by atoms with Gasteiger partial charge in [-0.3, -0.25) is 4.79 Å². The molecule has 0 bridgehead atoms. The minimum absolute atomic E-state index is 0.200. The lowest BCUT2D eigenvalue weighted by Crippen LogP contribution is -2.61. The van der Waals surface area contributed by atoms with Gasteiger partial charge in [-0.25, -0.2) is 4.79 Å². The number of hydrogen-bond acceptors (Lipinski definition) is 4. The van der Waals surface area contributed by atoms with E-state index in [1.165, 1.54) is 0 Å². The highest BCUT2D eigenvalue weighted by atomic mass is 16.6. The number of carbonyl (C=O) groups excluding carboxylic acids is 2. The highest BCUT2D eigenvalue weighted by molar-refractivity contribution is 5.89. The van der Waals surface area contributed by atoms with Crippen molar-refractivity contribution >= 4 is 17.7 Å². The van der Waals surface area contributed by atoms with Crippen LogP contribution in [0.1, 0.15) is 39.2 Å². The molecule has 0 aromatic heterocycles. The third-order valence-corrected chi connectivity index (χ3v) is 4.02. The zero-order chi connectivity index (χ0) is 18.0. The number of primary amides is 1. The van der Waals surface area contributed by atoms with Crippen LogP contribution < -0.4 is 11.1 Å². The number of likely N-dealkylation sites (tertiary alicyclic amines) is 1. The van der Waals surface area contributed by atoms with Crippen LogP contribution in [0.15, 0.2) is 24.3 Å². The van der Waals surface area contributed by atoms with E-state index in [1.54, 1.807) is 4.90 Å². The largest absolute Gasteiger partial charge is 0.444 e. The minimum Gasteiger partial charge on any atom is -0.444 e. The molecule has 1 aliphatic rings. The second-order valence-corrected chi connectivity index (χ2v) is 7.45. The molecule has 1 fully saturated rings. The van der Waals surface area contributed by atoms with E-state index < -0.39 is 23.1 Å². The molecule has 0 radical (unpaired) electrons. The van der Waals surface area contributed by atoms with E-state index in [-0.39, 0.29) is 6.54 Å². The number of amides is 2. The summed E-state index contributed by atoms with van der Waals surface area (Å²) in [7, 11) is 0. The SMILES string of the molecule is Cc1cccc(NC2(C(N)=O)CCCN(C(=O)OC(C)(C)C)C2)c1. The van der Waals surface area contributed by atoms with Crippen LogP contribution in [0.25, 0.3) is 0 Å². The Morgan fingerprint density at radius 3 is 2.62 bits per heavy atom. The van der Waals surface area contributed by atoms with Gasteiger partial charge in [0, 0.05) is 12.2 Å². The zero-order valence-corrected chi connectivity index (χ0v) is 14.9. The molecule has 0 spiro atoms. The van der Waals surface area contributed by atoms with Gasteiger partial charge in [-0.05, 0) is 58.2 Å². The van der Waals surface area contributed by atoms with Crippen molar-refractivity contribution in [2.45, 2.75) is 51.7 Å². The van der Waals surface area contributed by atoms with E-state index in [2.05, 4.69) is 5.32 Å². The third kappa shape index (κ3) is 4.40. The van der Waals surface area contributed by atoms with Crippen LogP contribution in [0.5, 0.6) is 0 Å². The van der Waals surface area contributed by atoms with Crippen LogP contribution in [0.4, 0.5) is 10.5 Å². The quantitative estimate of drug-likeness (QED) is 0.890. The van der Waals surface area contributed by atoms with Crippen LogP contribution in [0.2, 0.25) is 0 Å². The van der Waals surface area contributed by atoms with E-state index in [0.29, 0.717) is 19.4 Å². The van der Waals surface area contributed by atoms with Crippen molar-refractivity contribution in [2.24, 2.45) is 5.73 Å². The molecule has 1 aliphatic heterocycles. The molecule has 24 heavy (non-hydrogen) atoms. The number of rotatable bonds is 3. The summed E-state index contributed by atoms with van der Waals surface area (Å²) in [5.74, 6) is -0.461. The van der Waals surface area contributed by atoms with Crippen LogP contribution in [-0.4, -0.2) is 41.1 Å². The van der Waals surface area contributed by atoms with Crippen LogP contribution in [0.3, 0.4) is 0 Å². The first-order valence-electron chi connectivity index (χ1n) is 8.24. The Labute approximate surface area is 143 Å². The molecule has 2 amide bonds. The second-order valence-electron chi connectivity index (χ2n) is 7.45. The topological polar surface area (TPSA) is 84.7 Å². The number of anilines is 1. The Hall–Kier alpha value is -2.24. The first-order chi connectivity index (χ1) is 11.1. The molecule has 1 unspecified atom stereocenters. The number of nitrogens with one attached hydrogen (secondary N) is 1. The fourth-order valence-electron chi connectivity index (χ4n) is 2.90. The maximum absolute atomic E-state index is 12.4. The molecule has 6 heteroatoms. The first-order valence-corrected chi connectivity index (χ1v) is 8.24. The number of aryl methyl sites for hydroxylation is 1. The highest BCUT2D eigenvalue weighted by Gasteiger charge is 2.43. The van der Waals surface area contributed by atoms with Gasteiger partial charge in [0.05, 0.1) is 6.54 Å². The number of nitrogens with two attached hydrogens (primary N) is 1.